The van der Waals surface area contributed by atoms with E-state index in [0.717, 1.165) is 43.9 Å². The van der Waals surface area contributed by atoms with Crippen LogP contribution in [0.25, 0.3) is 0 Å². The number of rotatable bonds is 3. The minimum Gasteiger partial charge on any atom is -0.390 e. The highest BCUT2D eigenvalue weighted by molar-refractivity contribution is 5.79. The molecule has 0 aromatic heterocycles. The molecule has 3 aliphatic carbocycles. The van der Waals surface area contributed by atoms with E-state index in [-0.39, 0.29) is 5.41 Å². The van der Waals surface area contributed by atoms with E-state index in [1.165, 1.54) is 31.3 Å². The maximum absolute atomic E-state index is 12.1. The third kappa shape index (κ3) is 3.36. The Balaban J connectivity index is 1.71. The van der Waals surface area contributed by atoms with Crippen molar-refractivity contribution in [3.63, 3.8) is 0 Å². The molecule has 0 bridgehead atoms. The minimum atomic E-state index is -0.507. The Morgan fingerprint density at radius 3 is 2.67 bits per heavy atom. The maximum atomic E-state index is 12.1. The lowest BCUT2D eigenvalue weighted by Crippen LogP contribution is -2.39. The van der Waals surface area contributed by atoms with Crippen LogP contribution < -0.4 is 0 Å². The van der Waals surface area contributed by atoms with Crippen LogP contribution in [-0.4, -0.2) is 16.5 Å². The first-order valence-corrected chi connectivity index (χ1v) is 10.1. The second-order valence-electron chi connectivity index (χ2n) is 9.63. The second kappa shape index (κ2) is 6.59. The molecule has 3 rings (SSSR count). The first kappa shape index (κ1) is 18.2. The Morgan fingerprint density at radius 1 is 1.21 bits per heavy atom. The predicted octanol–water partition coefficient (Wildman–Crippen LogP) is 5.30. The van der Waals surface area contributed by atoms with Crippen molar-refractivity contribution in [3.05, 3.63) is 11.6 Å². The number of ketones is 1. The number of allylic oxidation sites excluding steroid dienone is 1. The van der Waals surface area contributed by atoms with Gasteiger partial charge in [-0.1, -0.05) is 31.9 Å². The van der Waals surface area contributed by atoms with Crippen LogP contribution in [0.4, 0.5) is 0 Å². The molecule has 1 N–H and O–H groups in total. The average molecular weight is 333 g/mol. The van der Waals surface area contributed by atoms with Crippen molar-refractivity contribution < 1.29 is 9.90 Å². The summed E-state index contributed by atoms with van der Waals surface area (Å²) in [6.45, 7) is 8.49. The molecule has 3 aliphatic rings. The molecule has 2 heteroatoms. The van der Waals surface area contributed by atoms with Gasteiger partial charge in [-0.05, 0) is 88.4 Å². The van der Waals surface area contributed by atoms with E-state index in [4.69, 9.17) is 0 Å². The van der Waals surface area contributed by atoms with E-state index in [2.05, 4.69) is 19.9 Å². The van der Waals surface area contributed by atoms with Gasteiger partial charge < -0.3 is 5.11 Å². The maximum Gasteiger partial charge on any atom is 0.133 e. The fourth-order valence-corrected chi connectivity index (χ4v) is 6.29. The molecule has 0 spiro atoms. The Morgan fingerprint density at radius 2 is 1.96 bits per heavy atom. The van der Waals surface area contributed by atoms with Gasteiger partial charge in [0.1, 0.15) is 5.78 Å². The number of aliphatic hydroxyl groups is 1. The monoisotopic (exact) mass is 332 g/mol. The zero-order valence-corrected chi connectivity index (χ0v) is 16.1. The molecule has 3 fully saturated rings. The van der Waals surface area contributed by atoms with Crippen LogP contribution in [0.2, 0.25) is 0 Å². The topological polar surface area (TPSA) is 37.3 Å². The summed E-state index contributed by atoms with van der Waals surface area (Å²) in [6.07, 6.45) is 12.7. The molecular formula is C22H36O2. The van der Waals surface area contributed by atoms with Crippen molar-refractivity contribution >= 4 is 5.78 Å². The zero-order valence-electron chi connectivity index (χ0n) is 16.1. The van der Waals surface area contributed by atoms with E-state index in [1.807, 2.05) is 6.92 Å². The van der Waals surface area contributed by atoms with Crippen LogP contribution >= 0.6 is 0 Å². The second-order valence-corrected chi connectivity index (χ2v) is 9.63. The fourth-order valence-electron chi connectivity index (χ4n) is 6.29. The summed E-state index contributed by atoms with van der Waals surface area (Å²) in [5.41, 5.74) is 1.21. The van der Waals surface area contributed by atoms with Gasteiger partial charge in [0.25, 0.3) is 0 Å². The van der Waals surface area contributed by atoms with Crippen molar-refractivity contribution in [2.24, 2.45) is 29.1 Å². The molecule has 0 heterocycles. The smallest absolute Gasteiger partial charge is 0.133 e. The van der Waals surface area contributed by atoms with Gasteiger partial charge >= 0.3 is 0 Å². The summed E-state index contributed by atoms with van der Waals surface area (Å²) in [7, 11) is 0. The molecule has 0 amide bonds. The van der Waals surface area contributed by atoms with Gasteiger partial charge in [-0.25, -0.2) is 0 Å². The highest BCUT2D eigenvalue weighted by Gasteiger charge is 2.52. The van der Waals surface area contributed by atoms with Gasteiger partial charge in [0.15, 0.2) is 0 Å². The molecule has 24 heavy (non-hydrogen) atoms. The van der Waals surface area contributed by atoms with Gasteiger partial charge in [0, 0.05) is 5.92 Å². The number of hydrogen-bond acceptors (Lipinski definition) is 2. The van der Waals surface area contributed by atoms with Crippen molar-refractivity contribution in [1.82, 2.24) is 0 Å². The summed E-state index contributed by atoms with van der Waals surface area (Å²) in [6, 6.07) is 0. The molecule has 0 unspecified atom stereocenters. The number of Topliss-reactive ketones (excluding diaryl/α,β-unsaturated/α-hetero) is 1. The molecule has 3 saturated carbocycles. The van der Waals surface area contributed by atoms with Crippen molar-refractivity contribution in [3.8, 4) is 0 Å². The quantitative estimate of drug-likeness (QED) is 0.712. The Bertz CT molecular complexity index is 518. The van der Waals surface area contributed by atoms with Crippen molar-refractivity contribution in [2.45, 2.75) is 91.1 Å². The Hall–Kier alpha value is -0.630. The minimum absolute atomic E-state index is 0.247. The van der Waals surface area contributed by atoms with Crippen LogP contribution in [0.15, 0.2) is 11.6 Å². The summed E-state index contributed by atoms with van der Waals surface area (Å²) in [4.78, 5) is 12.1. The number of hydrogen-bond donors (Lipinski definition) is 1. The number of carbonyl (C=O) groups is 1. The molecule has 0 aromatic rings. The number of fused-ring (bicyclic) bond motifs is 1. The highest BCUT2D eigenvalue weighted by Crippen LogP contribution is 2.58. The Kier molecular flexibility index (Phi) is 4.99. The van der Waals surface area contributed by atoms with Gasteiger partial charge in [0.05, 0.1) is 5.60 Å². The largest absolute Gasteiger partial charge is 0.390 e. The van der Waals surface area contributed by atoms with Crippen LogP contribution in [0, 0.1) is 29.1 Å². The summed E-state index contributed by atoms with van der Waals surface area (Å²) >= 11 is 0. The number of carbonyl (C=O) groups excluding carboxylic acids is 1. The summed E-state index contributed by atoms with van der Waals surface area (Å²) < 4.78 is 0. The van der Waals surface area contributed by atoms with Crippen molar-refractivity contribution in [1.29, 1.82) is 0 Å². The van der Waals surface area contributed by atoms with Crippen LogP contribution in [-0.2, 0) is 4.79 Å². The average Bonchev–Trinajstić information content (AvgIpc) is 2.86. The molecule has 0 radical (unpaired) electrons. The fraction of sp³-hybridized carbons (Fsp3) is 0.864. The third-order valence-corrected chi connectivity index (χ3v) is 7.78. The predicted molar refractivity (Wildman–Crippen MR) is 98.7 cm³/mol. The van der Waals surface area contributed by atoms with Crippen molar-refractivity contribution in [2.75, 3.05) is 0 Å². The lowest BCUT2D eigenvalue weighted by atomic mass is 9.60. The van der Waals surface area contributed by atoms with E-state index < -0.39 is 5.60 Å². The molecular weight excluding hydrogens is 296 g/mol. The third-order valence-electron chi connectivity index (χ3n) is 7.78. The SMILES string of the molecule is CC(=O)[C@H]1CC[C@H]2[C@H](C/C=C3/C[C@](C)(O)CC[C@@H]3C)CCC[C@]12C. The van der Waals surface area contributed by atoms with Gasteiger partial charge in [-0.3, -0.25) is 4.79 Å². The van der Waals surface area contributed by atoms with Gasteiger partial charge in [-0.2, -0.15) is 0 Å². The molecule has 136 valence electrons. The molecule has 0 aromatic carbocycles. The lowest BCUT2D eigenvalue weighted by molar-refractivity contribution is -0.125. The molecule has 6 atom stereocenters. The molecule has 0 saturated heterocycles. The normalized spacial score (nSPS) is 47.6. The summed E-state index contributed by atoms with van der Waals surface area (Å²) in [5, 5.41) is 10.4. The van der Waals surface area contributed by atoms with E-state index >= 15 is 0 Å². The first-order chi connectivity index (χ1) is 11.2. The van der Waals surface area contributed by atoms with Crippen LogP contribution in [0.3, 0.4) is 0 Å². The van der Waals surface area contributed by atoms with E-state index in [9.17, 15) is 9.90 Å². The lowest BCUT2D eigenvalue weighted by Gasteiger charge is -2.44. The Labute approximate surface area is 148 Å². The van der Waals surface area contributed by atoms with Gasteiger partial charge in [0.2, 0.25) is 0 Å². The standard InChI is InChI=1S/C22H36O2/c1-15-11-13-21(3,24)14-18(15)8-7-17-6-5-12-22(4)19(16(2)23)9-10-20(17)22/h8,15,17,19-20,24H,5-7,9-14H2,1-4H3/b18-8-/t15-,17-,19+,20-,21+,22+/m0/s1. The summed E-state index contributed by atoms with van der Waals surface area (Å²) in [5.74, 6) is 2.79. The highest BCUT2D eigenvalue weighted by atomic mass is 16.3. The zero-order chi connectivity index (χ0) is 17.5. The molecule has 2 nitrogen and oxygen atoms in total. The molecule has 0 aliphatic heterocycles. The van der Waals surface area contributed by atoms with Gasteiger partial charge in [-0.15, -0.1) is 0 Å². The van der Waals surface area contributed by atoms with Crippen LogP contribution in [0.1, 0.15) is 85.5 Å². The van der Waals surface area contributed by atoms with E-state index in [1.54, 1.807) is 6.92 Å². The van der Waals surface area contributed by atoms with E-state index in [0.29, 0.717) is 17.6 Å². The van der Waals surface area contributed by atoms with Crippen LogP contribution in [0.5, 0.6) is 0 Å². The first-order valence-electron chi connectivity index (χ1n) is 10.1.